The normalized spacial score (nSPS) is 10.0. The van der Waals surface area contributed by atoms with Crippen molar-refractivity contribution >= 4 is 22.7 Å². The van der Waals surface area contributed by atoms with Crippen molar-refractivity contribution in [2.45, 2.75) is 0 Å². The topological polar surface area (TPSA) is 129 Å². The first-order chi connectivity index (χ1) is 9.56. The van der Waals surface area contributed by atoms with Gasteiger partial charge in [0.2, 0.25) is 0 Å². The Morgan fingerprint density at radius 3 is 1.75 bits per heavy atom. The summed E-state index contributed by atoms with van der Waals surface area (Å²) in [5.74, 6) is 10.3. The second-order valence-electron chi connectivity index (χ2n) is 4.01. The molecule has 0 amide bonds. The molecule has 20 heavy (non-hydrogen) atoms. The van der Waals surface area contributed by atoms with Gasteiger partial charge >= 0.3 is 0 Å². The molecule has 8 nitrogen and oxygen atoms in total. The van der Waals surface area contributed by atoms with Crippen molar-refractivity contribution in [3.05, 3.63) is 58.9 Å². The molecule has 0 spiro atoms. The Morgan fingerprint density at radius 2 is 1.25 bits per heavy atom. The summed E-state index contributed by atoms with van der Waals surface area (Å²) in [6.07, 6.45) is 0. The first-order valence-corrected chi connectivity index (χ1v) is 5.72. The van der Waals surface area contributed by atoms with E-state index in [1.807, 2.05) is 30.3 Å². The number of benzene rings is 2. The Kier molecular flexibility index (Phi) is 4.23. The maximum absolute atomic E-state index is 11.1. The van der Waals surface area contributed by atoms with Crippen molar-refractivity contribution in [1.29, 1.82) is 0 Å². The lowest BCUT2D eigenvalue weighted by Crippen LogP contribution is -2.26. The fourth-order valence-corrected chi connectivity index (χ4v) is 1.59. The molecule has 2 rings (SSSR count). The Morgan fingerprint density at radius 1 is 0.750 bits per heavy atom. The minimum absolute atomic E-state index is 0.103. The molecular weight excluding hydrogens is 260 g/mol. The van der Waals surface area contributed by atoms with E-state index in [9.17, 15) is 10.4 Å². The summed E-state index contributed by atoms with van der Waals surface area (Å²) < 4.78 is 0. The standard InChI is InChI=1S/C12H14N6O2/c13-17(19)11-6-10(7-12(8-11)18(14)20)16-15-9-4-2-1-3-5-9/h1-8,15-16H,13-14H2/q-2. The van der Waals surface area contributed by atoms with Crippen LogP contribution in [-0.2, 0) is 0 Å². The molecule has 0 fully saturated rings. The fraction of sp³-hybridized carbons (Fsp3) is 0. The molecular formula is C12H14N6O2-2. The smallest absolute Gasteiger partial charge is 0.0581 e. The van der Waals surface area contributed by atoms with Gasteiger partial charge in [0, 0.05) is 11.4 Å². The lowest BCUT2D eigenvalue weighted by atomic mass is 10.2. The quantitative estimate of drug-likeness (QED) is 0.476. The Balaban J connectivity index is 2.18. The van der Waals surface area contributed by atoms with Crippen LogP contribution in [0.2, 0.25) is 0 Å². The molecule has 8 heteroatoms. The number of rotatable bonds is 5. The van der Waals surface area contributed by atoms with Crippen molar-refractivity contribution in [2.75, 3.05) is 21.2 Å². The summed E-state index contributed by atoms with van der Waals surface area (Å²) in [6.45, 7) is 0. The largest absolute Gasteiger partial charge is 0.743 e. The van der Waals surface area contributed by atoms with Crippen LogP contribution in [0.15, 0.2) is 48.5 Å². The van der Waals surface area contributed by atoms with E-state index in [0.29, 0.717) is 5.69 Å². The summed E-state index contributed by atoms with van der Waals surface area (Å²) in [7, 11) is 0. The van der Waals surface area contributed by atoms with Gasteiger partial charge in [-0.3, -0.25) is 11.7 Å². The highest BCUT2D eigenvalue weighted by molar-refractivity contribution is 5.69. The molecule has 2 aromatic carbocycles. The van der Waals surface area contributed by atoms with Gasteiger partial charge in [0.25, 0.3) is 0 Å². The molecule has 0 unspecified atom stereocenters. The van der Waals surface area contributed by atoms with Crippen LogP contribution in [0.3, 0.4) is 0 Å². The number of hydrogen-bond acceptors (Lipinski definition) is 8. The number of hydrogen-bond donors (Lipinski definition) is 4. The summed E-state index contributed by atoms with van der Waals surface area (Å²) in [5, 5.41) is 22.6. The molecule has 0 saturated heterocycles. The van der Waals surface area contributed by atoms with Gasteiger partial charge in [-0.15, -0.1) is 0 Å². The molecule has 0 saturated carbocycles. The zero-order chi connectivity index (χ0) is 14.5. The summed E-state index contributed by atoms with van der Waals surface area (Å²) in [6, 6.07) is 13.6. The zero-order valence-electron chi connectivity index (χ0n) is 10.5. The van der Waals surface area contributed by atoms with Gasteiger partial charge in [-0.1, -0.05) is 18.2 Å². The zero-order valence-corrected chi connectivity index (χ0v) is 10.5. The number of nitrogens with two attached hydrogens (primary N) is 2. The van der Waals surface area contributed by atoms with E-state index in [1.165, 1.54) is 18.2 Å². The lowest BCUT2D eigenvalue weighted by molar-refractivity contribution is 1.06. The highest BCUT2D eigenvalue weighted by Crippen LogP contribution is 2.25. The fourth-order valence-electron chi connectivity index (χ4n) is 1.59. The summed E-state index contributed by atoms with van der Waals surface area (Å²) in [5.41, 5.74) is 7.27. The molecule has 0 aliphatic rings. The molecule has 0 aliphatic carbocycles. The first-order valence-electron chi connectivity index (χ1n) is 5.72. The van der Waals surface area contributed by atoms with Crippen molar-refractivity contribution < 1.29 is 0 Å². The van der Waals surface area contributed by atoms with E-state index in [0.717, 1.165) is 5.69 Å². The number of anilines is 4. The molecule has 0 aromatic heterocycles. The van der Waals surface area contributed by atoms with Gasteiger partial charge in [0.1, 0.15) is 0 Å². The maximum Gasteiger partial charge on any atom is 0.0581 e. The third kappa shape index (κ3) is 3.49. The highest BCUT2D eigenvalue weighted by atomic mass is 16.5. The molecule has 2 aromatic rings. The van der Waals surface area contributed by atoms with Gasteiger partial charge in [-0.2, -0.15) is 0 Å². The number of nitrogens with one attached hydrogen (secondary N) is 2. The van der Waals surface area contributed by atoms with Gasteiger partial charge < -0.3 is 31.6 Å². The van der Waals surface area contributed by atoms with E-state index in [1.54, 1.807) is 0 Å². The average Bonchev–Trinajstić information content (AvgIpc) is 2.45. The van der Waals surface area contributed by atoms with E-state index in [2.05, 4.69) is 10.9 Å². The van der Waals surface area contributed by atoms with Crippen molar-refractivity contribution in [2.24, 2.45) is 11.7 Å². The third-order valence-corrected chi connectivity index (χ3v) is 2.54. The maximum atomic E-state index is 11.1. The van der Waals surface area contributed by atoms with Gasteiger partial charge in [-0.25, -0.2) is 0 Å². The van der Waals surface area contributed by atoms with Gasteiger partial charge in [-0.05, 0) is 30.3 Å². The number of para-hydroxylation sites is 1. The molecule has 0 atom stereocenters. The van der Waals surface area contributed by atoms with Gasteiger partial charge in [0.05, 0.1) is 11.4 Å². The molecule has 0 bridgehead atoms. The van der Waals surface area contributed by atoms with E-state index in [4.69, 9.17) is 11.7 Å². The minimum atomic E-state index is 0.103. The summed E-state index contributed by atoms with van der Waals surface area (Å²) >= 11 is 0. The minimum Gasteiger partial charge on any atom is -0.743 e. The Bertz CT molecular complexity index is 535. The van der Waals surface area contributed by atoms with Crippen molar-refractivity contribution in [1.82, 2.24) is 0 Å². The van der Waals surface area contributed by atoms with Crippen LogP contribution in [-0.4, -0.2) is 0 Å². The predicted octanol–water partition coefficient (Wildman–Crippen LogP) is 1.48. The van der Waals surface area contributed by atoms with Crippen LogP contribution in [0.25, 0.3) is 0 Å². The monoisotopic (exact) mass is 274 g/mol. The highest BCUT2D eigenvalue weighted by Gasteiger charge is 2.01. The first kappa shape index (κ1) is 13.9. The van der Waals surface area contributed by atoms with Crippen LogP contribution >= 0.6 is 0 Å². The van der Waals surface area contributed by atoms with Crippen LogP contribution in [0, 0.1) is 10.4 Å². The Labute approximate surface area is 115 Å². The lowest BCUT2D eigenvalue weighted by Gasteiger charge is -2.29. The van der Waals surface area contributed by atoms with Crippen molar-refractivity contribution in [3.8, 4) is 0 Å². The molecule has 0 heterocycles. The second kappa shape index (κ2) is 6.08. The number of nitrogens with zero attached hydrogens (tertiary/aromatic N) is 2. The molecule has 6 N–H and O–H groups in total. The van der Waals surface area contributed by atoms with Crippen LogP contribution in [0.4, 0.5) is 22.7 Å². The van der Waals surface area contributed by atoms with E-state index >= 15 is 0 Å². The van der Waals surface area contributed by atoms with E-state index in [-0.39, 0.29) is 21.7 Å². The van der Waals surface area contributed by atoms with Crippen LogP contribution in [0.1, 0.15) is 0 Å². The van der Waals surface area contributed by atoms with Crippen LogP contribution in [0.5, 0.6) is 0 Å². The third-order valence-electron chi connectivity index (χ3n) is 2.54. The average molecular weight is 274 g/mol. The predicted molar refractivity (Wildman–Crippen MR) is 80.2 cm³/mol. The second-order valence-corrected chi connectivity index (χ2v) is 4.01. The van der Waals surface area contributed by atoms with Crippen LogP contribution < -0.4 is 32.9 Å². The summed E-state index contributed by atoms with van der Waals surface area (Å²) in [4.78, 5) is 0. The SMILES string of the molecule is NN([O-])c1cc(NNc2ccccc2)cc(N(N)[O-])c1. The van der Waals surface area contributed by atoms with Crippen molar-refractivity contribution in [3.63, 3.8) is 0 Å². The molecule has 0 aliphatic heterocycles. The van der Waals surface area contributed by atoms with E-state index < -0.39 is 0 Å². The molecule has 106 valence electrons. The molecule has 0 radical (unpaired) electrons. The Hall–Kier alpha value is -2.52. The van der Waals surface area contributed by atoms with Gasteiger partial charge in [0.15, 0.2) is 0 Å². The number of hydrazine groups is 3.